The van der Waals surface area contributed by atoms with Gasteiger partial charge in [0.15, 0.2) is 0 Å². The summed E-state index contributed by atoms with van der Waals surface area (Å²) >= 11 is 0. The lowest BCUT2D eigenvalue weighted by atomic mass is 9.62. The molecule has 2 aliphatic rings. The lowest BCUT2D eigenvalue weighted by Crippen LogP contribution is -2.60. The number of hydrogen-bond acceptors (Lipinski definition) is 3. The Hall–Kier alpha value is -2.87. The van der Waals surface area contributed by atoms with Crippen LogP contribution in [0.5, 0.6) is 0 Å². The summed E-state index contributed by atoms with van der Waals surface area (Å²) < 4.78 is 47.9. The highest BCUT2D eigenvalue weighted by Gasteiger charge is 2.64. The number of alkyl halides is 3. The fraction of sp³-hybridized carbons (Fsp3) is 0.440. The number of benzene rings is 2. The summed E-state index contributed by atoms with van der Waals surface area (Å²) in [6, 6.07) is 16.8. The summed E-state index contributed by atoms with van der Waals surface area (Å²) in [5.41, 5.74) is -2.63. The predicted octanol–water partition coefficient (Wildman–Crippen LogP) is 4.00. The number of nitrogens with zero attached hydrogens (tertiary/aromatic N) is 1. The first-order valence-corrected chi connectivity index (χ1v) is 11.0. The lowest BCUT2D eigenvalue weighted by molar-refractivity contribution is -0.271. The Morgan fingerprint density at radius 1 is 1.03 bits per heavy atom. The second-order valence-electron chi connectivity index (χ2n) is 8.85. The maximum absolute atomic E-state index is 14.3. The van der Waals surface area contributed by atoms with Crippen molar-refractivity contribution in [1.29, 1.82) is 0 Å². The molecule has 2 saturated heterocycles. The molecule has 4 rings (SSSR count). The van der Waals surface area contributed by atoms with Crippen LogP contribution in [0.2, 0.25) is 0 Å². The number of carbonyl (C=O) groups is 2. The van der Waals surface area contributed by atoms with Crippen LogP contribution in [0, 0.1) is 5.41 Å². The van der Waals surface area contributed by atoms with Crippen LogP contribution in [-0.2, 0) is 19.9 Å². The number of piperidine rings is 2. The molecule has 5 nitrogen and oxygen atoms in total. The van der Waals surface area contributed by atoms with Gasteiger partial charge in [0.25, 0.3) is 11.5 Å². The van der Waals surface area contributed by atoms with Gasteiger partial charge in [-0.2, -0.15) is 13.2 Å². The highest BCUT2D eigenvalue weighted by molar-refractivity contribution is 5.88. The molecular formula is C25H27F3N2O3. The molecule has 0 bridgehead atoms. The molecule has 176 valence electrons. The fourth-order valence-electron chi connectivity index (χ4n) is 5.40. The third-order valence-corrected chi connectivity index (χ3v) is 7.19. The second-order valence-corrected chi connectivity index (χ2v) is 8.85. The number of ether oxygens (including phenoxy) is 1. The number of carbonyl (C=O) groups excluding carboxylic acids is 2. The summed E-state index contributed by atoms with van der Waals surface area (Å²) in [5, 5.41) is 2.92. The van der Waals surface area contributed by atoms with E-state index in [0.717, 1.165) is 12.7 Å². The van der Waals surface area contributed by atoms with E-state index in [1.54, 1.807) is 6.07 Å². The monoisotopic (exact) mass is 460 g/mol. The molecule has 33 heavy (non-hydrogen) atoms. The molecule has 0 aromatic heterocycles. The van der Waals surface area contributed by atoms with Gasteiger partial charge in [0.05, 0.1) is 0 Å². The molecule has 2 aliphatic heterocycles. The van der Waals surface area contributed by atoms with E-state index in [0.29, 0.717) is 25.8 Å². The third-order valence-electron chi connectivity index (χ3n) is 7.19. The van der Waals surface area contributed by atoms with Gasteiger partial charge in [0, 0.05) is 44.6 Å². The van der Waals surface area contributed by atoms with E-state index in [1.807, 2.05) is 30.3 Å². The van der Waals surface area contributed by atoms with Crippen LogP contribution in [-0.4, -0.2) is 49.6 Å². The Morgan fingerprint density at radius 2 is 1.61 bits per heavy atom. The minimum atomic E-state index is -4.94. The van der Waals surface area contributed by atoms with Crippen LogP contribution < -0.4 is 5.32 Å². The molecule has 2 atom stereocenters. The van der Waals surface area contributed by atoms with Gasteiger partial charge >= 0.3 is 6.18 Å². The minimum absolute atomic E-state index is 0.0394. The smallest absolute Gasteiger partial charge is 0.356 e. The van der Waals surface area contributed by atoms with E-state index >= 15 is 0 Å². The van der Waals surface area contributed by atoms with Crippen molar-refractivity contribution in [2.24, 2.45) is 5.41 Å². The fourth-order valence-corrected chi connectivity index (χ4v) is 5.40. The summed E-state index contributed by atoms with van der Waals surface area (Å²) in [7, 11) is 0.917. The largest absolute Gasteiger partial charge is 0.430 e. The van der Waals surface area contributed by atoms with E-state index in [2.05, 4.69) is 5.32 Å². The standard InChI is InChI=1S/C25H27F3N2O3/c1-33-24(25(26,27)28,19-10-6-3-7-11-19)22(32)30-14-12-23(13-15-30)16-21(31)29-17-20(23)18-8-4-2-5-9-18/h2-11,20H,12-17H2,1H3,(H,29,31)/t20-,24+/m0/s1. The lowest BCUT2D eigenvalue weighted by Gasteiger charge is -2.50. The van der Waals surface area contributed by atoms with Crippen LogP contribution >= 0.6 is 0 Å². The highest BCUT2D eigenvalue weighted by Crippen LogP contribution is 2.50. The summed E-state index contributed by atoms with van der Waals surface area (Å²) in [4.78, 5) is 26.9. The average molecular weight is 460 g/mol. The zero-order valence-electron chi connectivity index (χ0n) is 18.4. The Bertz CT molecular complexity index is 989. The van der Waals surface area contributed by atoms with Crippen molar-refractivity contribution >= 4 is 11.8 Å². The molecule has 0 radical (unpaired) electrons. The number of nitrogens with one attached hydrogen (secondary N) is 1. The van der Waals surface area contributed by atoms with Crippen molar-refractivity contribution in [2.45, 2.75) is 37.0 Å². The number of rotatable bonds is 4. The molecule has 2 fully saturated rings. The maximum Gasteiger partial charge on any atom is 0.430 e. The number of hydrogen-bond donors (Lipinski definition) is 1. The zero-order valence-corrected chi connectivity index (χ0v) is 18.4. The minimum Gasteiger partial charge on any atom is -0.356 e. The van der Waals surface area contributed by atoms with Gasteiger partial charge in [0.2, 0.25) is 5.91 Å². The second kappa shape index (κ2) is 8.82. The predicted molar refractivity (Wildman–Crippen MR) is 116 cm³/mol. The Morgan fingerprint density at radius 3 is 2.15 bits per heavy atom. The third kappa shape index (κ3) is 4.01. The summed E-state index contributed by atoms with van der Waals surface area (Å²) in [6.07, 6.45) is -3.76. The first kappa shape index (κ1) is 23.3. The van der Waals surface area contributed by atoms with Crippen LogP contribution in [0.1, 0.15) is 36.3 Å². The number of methoxy groups -OCH3 is 1. The molecule has 2 aromatic carbocycles. The van der Waals surface area contributed by atoms with Crippen LogP contribution in [0.3, 0.4) is 0 Å². The SMILES string of the molecule is CO[C@@](C(=O)N1CCC2(CC1)CC(=O)NC[C@H]2c1ccccc1)(c1ccccc1)C(F)(F)F. The molecule has 2 amide bonds. The summed E-state index contributed by atoms with van der Waals surface area (Å²) in [5.74, 6) is -1.14. The van der Waals surface area contributed by atoms with Crippen molar-refractivity contribution in [3.63, 3.8) is 0 Å². The van der Waals surface area contributed by atoms with Gasteiger partial charge in [-0.25, -0.2) is 0 Å². The van der Waals surface area contributed by atoms with Crippen molar-refractivity contribution in [3.8, 4) is 0 Å². The normalized spacial score (nSPS) is 22.5. The Labute approximate surface area is 190 Å². The number of likely N-dealkylation sites (tertiary alicyclic amines) is 1. The van der Waals surface area contributed by atoms with Gasteiger partial charge in [0.1, 0.15) is 0 Å². The van der Waals surface area contributed by atoms with Gasteiger partial charge in [-0.05, 0) is 23.8 Å². The van der Waals surface area contributed by atoms with E-state index in [4.69, 9.17) is 4.74 Å². The van der Waals surface area contributed by atoms with Gasteiger partial charge in [-0.15, -0.1) is 0 Å². The van der Waals surface area contributed by atoms with Crippen molar-refractivity contribution in [3.05, 3.63) is 71.8 Å². The molecule has 0 unspecified atom stereocenters. The molecule has 8 heteroatoms. The topological polar surface area (TPSA) is 58.6 Å². The first-order valence-electron chi connectivity index (χ1n) is 11.0. The van der Waals surface area contributed by atoms with E-state index in [-0.39, 0.29) is 30.5 Å². The first-order chi connectivity index (χ1) is 15.7. The Kier molecular flexibility index (Phi) is 6.22. The molecular weight excluding hydrogens is 433 g/mol. The molecule has 1 N–H and O–H groups in total. The van der Waals surface area contributed by atoms with Crippen molar-refractivity contribution < 1.29 is 27.5 Å². The number of halogens is 3. The molecule has 0 saturated carbocycles. The maximum atomic E-state index is 14.3. The van der Waals surface area contributed by atoms with Crippen LogP contribution in [0.15, 0.2) is 60.7 Å². The molecule has 0 aliphatic carbocycles. The number of amides is 2. The summed E-state index contributed by atoms with van der Waals surface area (Å²) in [6.45, 7) is 0.734. The van der Waals surface area contributed by atoms with Gasteiger partial charge in [-0.3, -0.25) is 9.59 Å². The van der Waals surface area contributed by atoms with Crippen LogP contribution in [0.4, 0.5) is 13.2 Å². The molecule has 2 heterocycles. The van der Waals surface area contributed by atoms with Crippen LogP contribution in [0.25, 0.3) is 0 Å². The Balaban J connectivity index is 1.61. The van der Waals surface area contributed by atoms with Gasteiger partial charge < -0.3 is 15.0 Å². The quantitative estimate of drug-likeness (QED) is 0.751. The van der Waals surface area contributed by atoms with Crippen molar-refractivity contribution in [2.75, 3.05) is 26.7 Å². The van der Waals surface area contributed by atoms with Gasteiger partial charge in [-0.1, -0.05) is 60.7 Å². The average Bonchev–Trinajstić information content (AvgIpc) is 2.81. The van der Waals surface area contributed by atoms with E-state index < -0.39 is 23.1 Å². The zero-order chi connectivity index (χ0) is 23.7. The molecule has 1 spiro atoms. The molecule has 2 aromatic rings. The highest BCUT2D eigenvalue weighted by atomic mass is 19.4. The van der Waals surface area contributed by atoms with E-state index in [9.17, 15) is 22.8 Å². The van der Waals surface area contributed by atoms with E-state index in [1.165, 1.54) is 29.2 Å². The van der Waals surface area contributed by atoms with Crippen molar-refractivity contribution in [1.82, 2.24) is 10.2 Å².